The molecular weight excluding hydrogens is 206 g/mol. The molecule has 0 radical (unpaired) electrons. The molecule has 4 heteroatoms. The van der Waals surface area contributed by atoms with Crippen LogP contribution in [-0.2, 0) is 9.53 Å². The molecule has 0 spiro atoms. The number of hydrogen-bond donors (Lipinski definition) is 1. The molecule has 0 aliphatic carbocycles. The lowest BCUT2D eigenvalue weighted by Gasteiger charge is -2.11. The number of anilines is 1. The van der Waals surface area contributed by atoms with E-state index in [1.54, 1.807) is 24.3 Å². The number of ether oxygens (including phenoxy) is 2. The smallest absolute Gasteiger partial charge is 0.344 e. The first-order valence-electron chi connectivity index (χ1n) is 5.29. The van der Waals surface area contributed by atoms with E-state index in [1.807, 2.05) is 13.8 Å². The van der Waals surface area contributed by atoms with Crippen LogP contribution in [0.15, 0.2) is 24.3 Å². The Balaban J connectivity index is 2.34. The first-order valence-corrected chi connectivity index (χ1v) is 5.29. The Morgan fingerprint density at radius 3 is 2.56 bits per heavy atom. The lowest BCUT2D eigenvalue weighted by atomic mass is 10.3. The van der Waals surface area contributed by atoms with E-state index < -0.39 is 0 Å². The summed E-state index contributed by atoms with van der Waals surface area (Å²) < 4.78 is 10.3. The van der Waals surface area contributed by atoms with Gasteiger partial charge in [0.05, 0.1) is 6.10 Å². The largest absolute Gasteiger partial charge is 0.482 e. The van der Waals surface area contributed by atoms with Crippen LogP contribution in [0.4, 0.5) is 5.69 Å². The standard InChI is InChI=1S/C12H17NO3/c1-3-9(2)16-12(14)8-15-11-6-4-10(13)5-7-11/h4-7,9H,3,8,13H2,1-2H3/t9-/m1/s1. The monoisotopic (exact) mass is 223 g/mol. The van der Waals surface area contributed by atoms with E-state index in [1.165, 1.54) is 0 Å². The van der Waals surface area contributed by atoms with Crippen molar-refractivity contribution >= 4 is 11.7 Å². The Kier molecular flexibility index (Phi) is 4.64. The fourth-order valence-corrected chi connectivity index (χ4v) is 1.05. The molecular formula is C12H17NO3. The zero-order valence-electron chi connectivity index (χ0n) is 9.60. The lowest BCUT2D eigenvalue weighted by molar-refractivity contribution is -0.150. The number of carbonyl (C=O) groups is 1. The Morgan fingerprint density at radius 1 is 1.38 bits per heavy atom. The number of esters is 1. The number of carbonyl (C=O) groups excluding carboxylic acids is 1. The predicted molar refractivity (Wildman–Crippen MR) is 62.2 cm³/mol. The van der Waals surface area contributed by atoms with E-state index in [4.69, 9.17) is 15.2 Å². The quantitative estimate of drug-likeness (QED) is 0.612. The molecule has 4 nitrogen and oxygen atoms in total. The van der Waals surface area contributed by atoms with Gasteiger partial charge in [0.2, 0.25) is 0 Å². The van der Waals surface area contributed by atoms with Crippen LogP contribution in [-0.4, -0.2) is 18.7 Å². The van der Waals surface area contributed by atoms with Crippen molar-refractivity contribution in [1.82, 2.24) is 0 Å². The predicted octanol–water partition coefficient (Wildman–Crippen LogP) is 1.99. The molecule has 0 unspecified atom stereocenters. The van der Waals surface area contributed by atoms with Crippen LogP contribution in [0.3, 0.4) is 0 Å². The van der Waals surface area contributed by atoms with Gasteiger partial charge in [0.15, 0.2) is 6.61 Å². The van der Waals surface area contributed by atoms with Gasteiger partial charge in [-0.05, 0) is 37.6 Å². The molecule has 1 atom stereocenters. The minimum absolute atomic E-state index is 0.0671. The first kappa shape index (κ1) is 12.4. The Labute approximate surface area is 95.3 Å². The molecule has 0 aromatic heterocycles. The van der Waals surface area contributed by atoms with Crippen LogP contribution in [0, 0.1) is 0 Å². The van der Waals surface area contributed by atoms with E-state index in [0.717, 1.165) is 6.42 Å². The molecule has 0 aliphatic rings. The number of rotatable bonds is 5. The summed E-state index contributed by atoms with van der Waals surface area (Å²) in [6, 6.07) is 6.86. The van der Waals surface area contributed by atoms with Crippen LogP contribution >= 0.6 is 0 Å². The van der Waals surface area contributed by atoms with Gasteiger partial charge in [-0.2, -0.15) is 0 Å². The third kappa shape index (κ3) is 4.21. The average molecular weight is 223 g/mol. The Morgan fingerprint density at radius 2 is 2.00 bits per heavy atom. The van der Waals surface area contributed by atoms with Gasteiger partial charge in [0.25, 0.3) is 0 Å². The second-order valence-corrected chi connectivity index (χ2v) is 3.57. The molecule has 0 saturated heterocycles. The van der Waals surface area contributed by atoms with Gasteiger partial charge in [-0.15, -0.1) is 0 Å². The van der Waals surface area contributed by atoms with Gasteiger partial charge in [-0.25, -0.2) is 4.79 Å². The summed E-state index contributed by atoms with van der Waals surface area (Å²) in [5, 5.41) is 0. The van der Waals surface area contributed by atoms with E-state index in [9.17, 15) is 4.79 Å². The highest BCUT2D eigenvalue weighted by Gasteiger charge is 2.08. The fourth-order valence-electron chi connectivity index (χ4n) is 1.05. The number of hydrogen-bond acceptors (Lipinski definition) is 4. The highest BCUT2D eigenvalue weighted by Crippen LogP contribution is 2.13. The van der Waals surface area contributed by atoms with E-state index in [-0.39, 0.29) is 18.7 Å². The SMILES string of the molecule is CC[C@@H](C)OC(=O)COc1ccc(N)cc1. The molecule has 1 aromatic carbocycles. The normalized spacial score (nSPS) is 11.9. The van der Waals surface area contributed by atoms with Crippen molar-refractivity contribution in [3.05, 3.63) is 24.3 Å². The topological polar surface area (TPSA) is 61.5 Å². The summed E-state index contributed by atoms with van der Waals surface area (Å²) in [5.74, 6) is 0.251. The Bertz CT molecular complexity index is 335. The molecule has 2 N–H and O–H groups in total. The maximum Gasteiger partial charge on any atom is 0.344 e. The average Bonchev–Trinajstić information content (AvgIpc) is 2.28. The van der Waals surface area contributed by atoms with Gasteiger partial charge >= 0.3 is 5.97 Å². The summed E-state index contributed by atoms with van der Waals surface area (Å²) >= 11 is 0. The second kappa shape index (κ2) is 6.00. The van der Waals surface area contributed by atoms with Gasteiger partial charge in [-0.3, -0.25) is 0 Å². The minimum atomic E-state index is -0.355. The molecule has 1 aromatic rings. The molecule has 1 rings (SSSR count). The van der Waals surface area contributed by atoms with Crippen molar-refractivity contribution in [2.45, 2.75) is 26.4 Å². The van der Waals surface area contributed by atoms with Gasteiger partial charge in [0, 0.05) is 5.69 Å². The molecule has 0 aliphatic heterocycles. The van der Waals surface area contributed by atoms with E-state index >= 15 is 0 Å². The summed E-state index contributed by atoms with van der Waals surface area (Å²) in [6.07, 6.45) is 0.732. The van der Waals surface area contributed by atoms with Crippen molar-refractivity contribution in [3.8, 4) is 5.75 Å². The number of nitrogens with two attached hydrogens (primary N) is 1. The van der Waals surface area contributed by atoms with E-state index in [0.29, 0.717) is 11.4 Å². The van der Waals surface area contributed by atoms with Crippen molar-refractivity contribution in [2.24, 2.45) is 0 Å². The lowest BCUT2D eigenvalue weighted by Crippen LogP contribution is -2.20. The summed E-state index contributed by atoms with van der Waals surface area (Å²) in [5.41, 5.74) is 6.18. The molecule has 0 saturated carbocycles. The fraction of sp³-hybridized carbons (Fsp3) is 0.417. The van der Waals surface area contributed by atoms with Crippen molar-refractivity contribution in [2.75, 3.05) is 12.3 Å². The van der Waals surface area contributed by atoms with Crippen LogP contribution in [0.25, 0.3) is 0 Å². The molecule has 0 fully saturated rings. The highest BCUT2D eigenvalue weighted by atomic mass is 16.6. The van der Waals surface area contributed by atoms with Crippen LogP contribution < -0.4 is 10.5 Å². The van der Waals surface area contributed by atoms with E-state index in [2.05, 4.69) is 0 Å². The van der Waals surface area contributed by atoms with Crippen LogP contribution in [0.2, 0.25) is 0 Å². The zero-order chi connectivity index (χ0) is 12.0. The third-order valence-electron chi connectivity index (χ3n) is 2.14. The maximum atomic E-state index is 11.3. The van der Waals surface area contributed by atoms with Gasteiger partial charge < -0.3 is 15.2 Å². The molecule has 88 valence electrons. The molecule has 0 bridgehead atoms. The summed E-state index contributed by atoms with van der Waals surface area (Å²) in [6.45, 7) is 3.73. The number of benzene rings is 1. The van der Waals surface area contributed by atoms with Crippen LogP contribution in [0.5, 0.6) is 5.75 Å². The summed E-state index contributed by atoms with van der Waals surface area (Å²) in [7, 11) is 0. The van der Waals surface area contributed by atoms with Crippen LogP contribution in [0.1, 0.15) is 20.3 Å². The van der Waals surface area contributed by atoms with Crippen molar-refractivity contribution in [1.29, 1.82) is 0 Å². The first-order chi connectivity index (χ1) is 7.61. The highest BCUT2D eigenvalue weighted by molar-refractivity contribution is 5.71. The zero-order valence-corrected chi connectivity index (χ0v) is 9.60. The van der Waals surface area contributed by atoms with Crippen molar-refractivity contribution < 1.29 is 14.3 Å². The minimum Gasteiger partial charge on any atom is -0.482 e. The molecule has 16 heavy (non-hydrogen) atoms. The summed E-state index contributed by atoms with van der Waals surface area (Å²) in [4.78, 5) is 11.3. The Hall–Kier alpha value is -1.71. The van der Waals surface area contributed by atoms with Gasteiger partial charge in [-0.1, -0.05) is 6.92 Å². The van der Waals surface area contributed by atoms with Crippen molar-refractivity contribution in [3.63, 3.8) is 0 Å². The maximum absolute atomic E-state index is 11.3. The molecule has 0 heterocycles. The second-order valence-electron chi connectivity index (χ2n) is 3.57. The number of nitrogen functional groups attached to an aromatic ring is 1. The molecule has 0 amide bonds. The van der Waals surface area contributed by atoms with Gasteiger partial charge in [0.1, 0.15) is 5.75 Å². The third-order valence-corrected chi connectivity index (χ3v) is 2.14.